The maximum absolute atomic E-state index is 13.4. The molecule has 7 heteroatoms. The van der Waals surface area contributed by atoms with Crippen LogP contribution in [0.5, 0.6) is 0 Å². The van der Waals surface area contributed by atoms with Gasteiger partial charge in [-0.3, -0.25) is 9.59 Å². The van der Waals surface area contributed by atoms with Crippen LogP contribution in [0, 0.1) is 12.7 Å². The number of hydrogen-bond donors (Lipinski definition) is 2. The van der Waals surface area contributed by atoms with Gasteiger partial charge in [-0.2, -0.15) is 0 Å². The summed E-state index contributed by atoms with van der Waals surface area (Å²) in [6, 6.07) is 5.88. The average Bonchev–Trinajstić information content (AvgIpc) is 2.71. The summed E-state index contributed by atoms with van der Waals surface area (Å²) in [7, 11) is 0. The van der Waals surface area contributed by atoms with Crippen LogP contribution in [-0.2, 0) is 22.4 Å². The molecule has 1 aromatic carbocycles. The summed E-state index contributed by atoms with van der Waals surface area (Å²) in [5.41, 5.74) is 0.720. The summed E-state index contributed by atoms with van der Waals surface area (Å²) in [6.07, 6.45) is -0.127. The number of carboxylic acid groups (broad SMARTS) is 1. The Morgan fingerprint density at radius 1 is 1.33 bits per heavy atom. The number of halogens is 1. The van der Waals surface area contributed by atoms with Crippen molar-refractivity contribution in [2.24, 2.45) is 0 Å². The molecular formula is C14H13FN2O3S. The third kappa shape index (κ3) is 4.09. The zero-order chi connectivity index (χ0) is 15.4. The van der Waals surface area contributed by atoms with Crippen LogP contribution in [0.15, 0.2) is 24.3 Å². The van der Waals surface area contributed by atoms with Crippen molar-refractivity contribution in [1.82, 2.24) is 4.98 Å². The van der Waals surface area contributed by atoms with Crippen LogP contribution in [0.2, 0.25) is 0 Å². The second-order valence-electron chi connectivity index (χ2n) is 4.39. The molecule has 21 heavy (non-hydrogen) atoms. The lowest BCUT2D eigenvalue weighted by Gasteiger charge is -2.04. The van der Waals surface area contributed by atoms with E-state index in [4.69, 9.17) is 5.11 Å². The van der Waals surface area contributed by atoms with Gasteiger partial charge in [-0.25, -0.2) is 9.37 Å². The maximum atomic E-state index is 13.4. The molecule has 2 N–H and O–H groups in total. The van der Waals surface area contributed by atoms with Crippen LogP contribution in [0.3, 0.4) is 0 Å². The molecule has 0 saturated heterocycles. The molecule has 1 aromatic heterocycles. The van der Waals surface area contributed by atoms with Crippen molar-refractivity contribution < 1.29 is 19.1 Å². The van der Waals surface area contributed by atoms with Gasteiger partial charge in [0.2, 0.25) is 5.91 Å². The van der Waals surface area contributed by atoms with Gasteiger partial charge in [0.15, 0.2) is 0 Å². The molecule has 110 valence electrons. The minimum absolute atomic E-state index is 0.0144. The number of para-hydroxylation sites is 1. The molecule has 2 rings (SSSR count). The quantitative estimate of drug-likeness (QED) is 0.889. The number of thiazole rings is 1. The van der Waals surface area contributed by atoms with Crippen LogP contribution in [0.4, 0.5) is 10.1 Å². The molecule has 1 heterocycles. The first-order valence-corrected chi connectivity index (χ1v) is 6.98. The van der Waals surface area contributed by atoms with Gasteiger partial charge in [0.05, 0.1) is 24.2 Å². The Balaban J connectivity index is 2.03. The van der Waals surface area contributed by atoms with Crippen molar-refractivity contribution in [2.75, 3.05) is 5.32 Å². The van der Waals surface area contributed by atoms with Crippen LogP contribution < -0.4 is 5.32 Å². The molecule has 1 amide bonds. The lowest BCUT2D eigenvalue weighted by molar-refractivity contribution is -0.136. The number of benzene rings is 1. The van der Waals surface area contributed by atoms with Crippen molar-refractivity contribution in [3.05, 3.63) is 45.7 Å². The molecule has 0 unspecified atom stereocenters. The van der Waals surface area contributed by atoms with E-state index < -0.39 is 17.7 Å². The number of amides is 1. The molecule has 0 saturated carbocycles. The van der Waals surface area contributed by atoms with Gasteiger partial charge in [0.1, 0.15) is 10.8 Å². The highest BCUT2D eigenvalue weighted by atomic mass is 32.1. The molecule has 0 aliphatic carbocycles. The maximum Gasteiger partial charge on any atom is 0.308 e. The number of nitrogens with zero attached hydrogens (tertiary/aromatic N) is 1. The number of carbonyl (C=O) groups is 2. The number of hydrogen-bond acceptors (Lipinski definition) is 4. The predicted octanol–water partition coefficient (Wildman–Crippen LogP) is 2.40. The van der Waals surface area contributed by atoms with Gasteiger partial charge >= 0.3 is 5.97 Å². The molecule has 0 fully saturated rings. The second-order valence-corrected chi connectivity index (χ2v) is 5.56. The summed E-state index contributed by atoms with van der Waals surface area (Å²) >= 11 is 1.18. The minimum atomic E-state index is -0.941. The van der Waals surface area contributed by atoms with E-state index in [1.807, 2.05) is 0 Å². The van der Waals surface area contributed by atoms with Crippen molar-refractivity contribution in [1.29, 1.82) is 0 Å². The highest BCUT2D eigenvalue weighted by Gasteiger charge is 2.14. The Labute approximate surface area is 124 Å². The number of carboxylic acids is 1. The van der Waals surface area contributed by atoms with Gasteiger partial charge in [-0.1, -0.05) is 12.1 Å². The molecule has 0 radical (unpaired) electrons. The van der Waals surface area contributed by atoms with Crippen LogP contribution in [0.1, 0.15) is 15.6 Å². The van der Waals surface area contributed by atoms with E-state index >= 15 is 0 Å². The fraction of sp³-hybridized carbons (Fsp3) is 0.214. The molecular weight excluding hydrogens is 295 g/mol. The van der Waals surface area contributed by atoms with Gasteiger partial charge in [-0.05, 0) is 19.1 Å². The lowest BCUT2D eigenvalue weighted by atomic mass is 10.3. The summed E-state index contributed by atoms with van der Waals surface area (Å²) < 4.78 is 13.4. The molecule has 0 aliphatic rings. The number of aliphatic carboxylic acids is 1. The molecule has 5 nitrogen and oxygen atoms in total. The van der Waals surface area contributed by atoms with Gasteiger partial charge < -0.3 is 10.4 Å². The van der Waals surface area contributed by atoms with Crippen molar-refractivity contribution >= 4 is 28.9 Å². The highest BCUT2D eigenvalue weighted by molar-refractivity contribution is 7.12. The Bertz CT molecular complexity index is 685. The fourth-order valence-corrected chi connectivity index (χ4v) is 2.82. The van der Waals surface area contributed by atoms with Gasteiger partial charge in [0.25, 0.3) is 0 Å². The molecule has 0 atom stereocenters. The van der Waals surface area contributed by atoms with Crippen molar-refractivity contribution in [3.8, 4) is 0 Å². The number of aromatic nitrogens is 1. The third-order valence-corrected chi connectivity index (χ3v) is 3.87. The first-order chi connectivity index (χ1) is 9.95. The van der Waals surface area contributed by atoms with Gasteiger partial charge in [-0.15, -0.1) is 11.3 Å². The number of nitrogens with one attached hydrogen (secondary N) is 1. The third-order valence-electron chi connectivity index (χ3n) is 2.71. The zero-order valence-corrected chi connectivity index (χ0v) is 12.0. The molecule has 2 aromatic rings. The summed E-state index contributed by atoms with van der Waals surface area (Å²) in [4.78, 5) is 27.3. The summed E-state index contributed by atoms with van der Waals surface area (Å²) in [6.45, 7) is 1.70. The van der Waals surface area contributed by atoms with E-state index in [0.29, 0.717) is 15.6 Å². The van der Waals surface area contributed by atoms with Crippen LogP contribution in [0.25, 0.3) is 0 Å². The molecule has 0 aliphatic heterocycles. The molecule has 0 bridgehead atoms. The van der Waals surface area contributed by atoms with E-state index in [9.17, 15) is 14.0 Å². The Hall–Kier alpha value is -2.28. The Morgan fingerprint density at radius 3 is 2.71 bits per heavy atom. The number of aryl methyl sites for hydroxylation is 1. The van der Waals surface area contributed by atoms with E-state index in [2.05, 4.69) is 10.3 Å². The van der Waals surface area contributed by atoms with Crippen molar-refractivity contribution in [2.45, 2.75) is 19.8 Å². The average molecular weight is 308 g/mol. The topological polar surface area (TPSA) is 79.3 Å². The van der Waals surface area contributed by atoms with E-state index in [0.717, 1.165) is 0 Å². The van der Waals surface area contributed by atoms with E-state index in [-0.39, 0.29) is 18.5 Å². The largest absolute Gasteiger partial charge is 0.481 e. The van der Waals surface area contributed by atoms with Crippen LogP contribution >= 0.6 is 11.3 Å². The number of carbonyl (C=O) groups excluding carboxylic acids is 1. The Kier molecular flexibility index (Phi) is 4.64. The fourth-order valence-electron chi connectivity index (χ4n) is 1.76. The summed E-state index contributed by atoms with van der Waals surface area (Å²) in [5.74, 6) is -1.84. The number of anilines is 1. The smallest absolute Gasteiger partial charge is 0.308 e. The van der Waals surface area contributed by atoms with E-state index in [1.165, 1.54) is 29.5 Å². The number of rotatable bonds is 5. The minimum Gasteiger partial charge on any atom is -0.481 e. The monoisotopic (exact) mass is 308 g/mol. The highest BCUT2D eigenvalue weighted by Crippen LogP contribution is 2.20. The Morgan fingerprint density at radius 2 is 2.05 bits per heavy atom. The standard InChI is InChI=1S/C14H13FN2O3S/c1-8-11(6-14(19)20)21-13(16-8)7-12(18)17-10-5-3-2-4-9(10)15/h2-5H,6-7H2,1H3,(H,17,18)(H,19,20). The summed E-state index contributed by atoms with van der Waals surface area (Å²) in [5, 5.41) is 11.7. The van der Waals surface area contributed by atoms with Crippen molar-refractivity contribution in [3.63, 3.8) is 0 Å². The van der Waals surface area contributed by atoms with Crippen LogP contribution in [-0.4, -0.2) is 22.0 Å². The molecule has 0 spiro atoms. The SMILES string of the molecule is Cc1nc(CC(=O)Nc2ccccc2F)sc1CC(=O)O. The first-order valence-electron chi connectivity index (χ1n) is 6.17. The first kappa shape index (κ1) is 15.1. The van der Waals surface area contributed by atoms with Gasteiger partial charge in [0, 0.05) is 4.88 Å². The zero-order valence-electron chi connectivity index (χ0n) is 11.2. The lowest BCUT2D eigenvalue weighted by Crippen LogP contribution is -2.15. The second kappa shape index (κ2) is 6.45. The predicted molar refractivity (Wildman–Crippen MR) is 76.9 cm³/mol. The normalized spacial score (nSPS) is 10.4. The van der Waals surface area contributed by atoms with E-state index in [1.54, 1.807) is 13.0 Å².